The van der Waals surface area contributed by atoms with Crippen molar-refractivity contribution in [2.75, 3.05) is 25.0 Å². The number of anilines is 1. The van der Waals surface area contributed by atoms with Crippen LogP contribution in [0.25, 0.3) is 0 Å². The lowest BCUT2D eigenvalue weighted by atomic mass is 10.2. The van der Waals surface area contributed by atoms with Gasteiger partial charge in [-0.15, -0.1) is 0 Å². The summed E-state index contributed by atoms with van der Waals surface area (Å²) in [5.41, 5.74) is 7.72. The molecule has 1 saturated carbocycles. The lowest BCUT2D eigenvalue weighted by Crippen LogP contribution is -2.36. The number of nitrogens with two attached hydrogens (primary N) is 1. The summed E-state index contributed by atoms with van der Waals surface area (Å²) >= 11 is 0. The molecule has 0 heterocycles. The molecule has 1 amide bonds. The minimum absolute atomic E-state index is 0.0857. The average molecular weight is 247 g/mol. The standard InChI is InChI=1S/C14H21N3O/c1-17(10-14(18)16-9-11-5-6-11)13-4-2-3-12(7-13)8-15/h2-4,7,11H,5-6,8-10,15H2,1H3,(H,16,18). The van der Waals surface area contributed by atoms with Crippen LogP contribution < -0.4 is 16.0 Å². The molecule has 1 fully saturated rings. The molecule has 0 saturated heterocycles. The highest BCUT2D eigenvalue weighted by atomic mass is 16.2. The van der Waals surface area contributed by atoms with Crippen molar-refractivity contribution in [1.29, 1.82) is 0 Å². The normalized spacial score (nSPS) is 14.3. The number of amides is 1. The number of nitrogens with one attached hydrogen (secondary N) is 1. The number of nitrogens with zero attached hydrogens (tertiary/aromatic N) is 1. The van der Waals surface area contributed by atoms with E-state index < -0.39 is 0 Å². The van der Waals surface area contributed by atoms with Crippen LogP contribution in [0.2, 0.25) is 0 Å². The number of benzene rings is 1. The Kier molecular flexibility index (Phi) is 4.20. The van der Waals surface area contributed by atoms with E-state index in [1.807, 2.05) is 36.2 Å². The summed E-state index contributed by atoms with van der Waals surface area (Å²) in [4.78, 5) is 13.7. The maximum Gasteiger partial charge on any atom is 0.239 e. The van der Waals surface area contributed by atoms with Crippen molar-refractivity contribution in [3.8, 4) is 0 Å². The zero-order valence-electron chi connectivity index (χ0n) is 10.9. The van der Waals surface area contributed by atoms with Crippen molar-refractivity contribution in [3.63, 3.8) is 0 Å². The fraction of sp³-hybridized carbons (Fsp3) is 0.500. The van der Waals surface area contributed by atoms with Crippen molar-refractivity contribution in [2.24, 2.45) is 11.7 Å². The zero-order valence-corrected chi connectivity index (χ0v) is 10.9. The second-order valence-corrected chi connectivity index (χ2v) is 4.98. The van der Waals surface area contributed by atoms with E-state index in [2.05, 4.69) is 5.32 Å². The quantitative estimate of drug-likeness (QED) is 0.791. The van der Waals surface area contributed by atoms with Gasteiger partial charge in [0.25, 0.3) is 0 Å². The van der Waals surface area contributed by atoms with Gasteiger partial charge in [0.1, 0.15) is 0 Å². The summed E-state index contributed by atoms with van der Waals surface area (Å²) in [6.45, 7) is 1.74. The highest BCUT2D eigenvalue weighted by Gasteiger charge is 2.21. The first-order chi connectivity index (χ1) is 8.69. The number of carbonyl (C=O) groups excluding carboxylic acids is 1. The number of carbonyl (C=O) groups is 1. The summed E-state index contributed by atoms with van der Waals surface area (Å²) < 4.78 is 0. The van der Waals surface area contributed by atoms with Gasteiger partial charge in [-0.3, -0.25) is 4.79 Å². The first kappa shape index (κ1) is 12.9. The molecule has 4 heteroatoms. The molecule has 1 aliphatic rings. The van der Waals surface area contributed by atoms with Gasteiger partial charge in [-0.1, -0.05) is 12.1 Å². The van der Waals surface area contributed by atoms with Gasteiger partial charge < -0.3 is 16.0 Å². The van der Waals surface area contributed by atoms with Crippen LogP contribution in [0.3, 0.4) is 0 Å². The Morgan fingerprint density at radius 2 is 2.28 bits per heavy atom. The zero-order chi connectivity index (χ0) is 13.0. The smallest absolute Gasteiger partial charge is 0.239 e. The van der Waals surface area contributed by atoms with Crippen LogP contribution in [0.5, 0.6) is 0 Å². The van der Waals surface area contributed by atoms with Crippen LogP contribution >= 0.6 is 0 Å². The molecular formula is C14H21N3O. The van der Waals surface area contributed by atoms with Gasteiger partial charge in [0.15, 0.2) is 0 Å². The highest BCUT2D eigenvalue weighted by molar-refractivity contribution is 5.81. The molecule has 0 atom stereocenters. The number of hydrogen-bond acceptors (Lipinski definition) is 3. The Morgan fingerprint density at radius 1 is 1.50 bits per heavy atom. The molecule has 18 heavy (non-hydrogen) atoms. The summed E-state index contributed by atoms with van der Waals surface area (Å²) in [5.74, 6) is 0.808. The summed E-state index contributed by atoms with van der Waals surface area (Å²) in [6.07, 6.45) is 2.52. The molecule has 98 valence electrons. The molecular weight excluding hydrogens is 226 g/mol. The van der Waals surface area contributed by atoms with Crippen molar-refractivity contribution in [2.45, 2.75) is 19.4 Å². The van der Waals surface area contributed by atoms with Gasteiger partial charge in [0.2, 0.25) is 5.91 Å². The van der Waals surface area contributed by atoms with Gasteiger partial charge >= 0.3 is 0 Å². The lowest BCUT2D eigenvalue weighted by molar-refractivity contribution is -0.119. The Balaban J connectivity index is 1.84. The SMILES string of the molecule is CN(CC(=O)NCC1CC1)c1cccc(CN)c1. The van der Waals surface area contributed by atoms with Crippen LogP contribution in [0.4, 0.5) is 5.69 Å². The van der Waals surface area contributed by atoms with Gasteiger partial charge in [-0.2, -0.15) is 0 Å². The molecule has 0 spiro atoms. The van der Waals surface area contributed by atoms with Crippen LogP contribution in [0.15, 0.2) is 24.3 Å². The Hall–Kier alpha value is -1.55. The van der Waals surface area contributed by atoms with Crippen molar-refractivity contribution >= 4 is 11.6 Å². The van der Waals surface area contributed by atoms with E-state index >= 15 is 0 Å². The highest BCUT2D eigenvalue weighted by Crippen LogP contribution is 2.27. The van der Waals surface area contributed by atoms with Crippen LogP contribution in [0.1, 0.15) is 18.4 Å². The van der Waals surface area contributed by atoms with E-state index in [0.717, 1.165) is 23.7 Å². The third kappa shape index (κ3) is 3.74. The topological polar surface area (TPSA) is 58.4 Å². The minimum Gasteiger partial charge on any atom is -0.365 e. The first-order valence-corrected chi connectivity index (χ1v) is 6.46. The van der Waals surface area contributed by atoms with Gasteiger partial charge in [-0.05, 0) is 36.5 Å². The lowest BCUT2D eigenvalue weighted by Gasteiger charge is -2.19. The van der Waals surface area contributed by atoms with Gasteiger partial charge in [0, 0.05) is 25.8 Å². The van der Waals surface area contributed by atoms with E-state index in [1.165, 1.54) is 12.8 Å². The first-order valence-electron chi connectivity index (χ1n) is 6.46. The van der Waals surface area contributed by atoms with E-state index in [0.29, 0.717) is 13.1 Å². The van der Waals surface area contributed by atoms with Gasteiger partial charge in [-0.25, -0.2) is 0 Å². The van der Waals surface area contributed by atoms with Crippen LogP contribution in [-0.2, 0) is 11.3 Å². The Morgan fingerprint density at radius 3 is 2.94 bits per heavy atom. The number of rotatable bonds is 6. The number of hydrogen-bond donors (Lipinski definition) is 2. The summed E-state index contributed by atoms with van der Waals surface area (Å²) in [6, 6.07) is 7.97. The van der Waals surface area contributed by atoms with E-state index in [9.17, 15) is 4.79 Å². The predicted molar refractivity (Wildman–Crippen MR) is 73.3 cm³/mol. The van der Waals surface area contributed by atoms with Crippen molar-refractivity contribution in [3.05, 3.63) is 29.8 Å². The summed E-state index contributed by atoms with van der Waals surface area (Å²) in [7, 11) is 1.92. The minimum atomic E-state index is 0.0857. The largest absolute Gasteiger partial charge is 0.365 e. The van der Waals surface area contributed by atoms with Crippen LogP contribution in [0, 0.1) is 5.92 Å². The van der Waals surface area contributed by atoms with E-state index in [-0.39, 0.29) is 5.91 Å². The van der Waals surface area contributed by atoms with Crippen LogP contribution in [-0.4, -0.2) is 26.0 Å². The molecule has 0 bridgehead atoms. The fourth-order valence-electron chi connectivity index (χ4n) is 1.86. The molecule has 0 radical (unpaired) electrons. The molecule has 0 aliphatic heterocycles. The third-order valence-corrected chi connectivity index (χ3v) is 3.25. The molecule has 1 aromatic rings. The molecule has 4 nitrogen and oxygen atoms in total. The third-order valence-electron chi connectivity index (χ3n) is 3.25. The van der Waals surface area contributed by atoms with Crippen molar-refractivity contribution in [1.82, 2.24) is 5.32 Å². The maximum absolute atomic E-state index is 11.7. The second kappa shape index (κ2) is 5.87. The Labute approximate surface area is 108 Å². The Bertz CT molecular complexity index is 415. The maximum atomic E-state index is 11.7. The number of likely N-dealkylation sites (N-methyl/N-ethyl adjacent to an activating group) is 1. The molecule has 0 unspecified atom stereocenters. The molecule has 1 aliphatic carbocycles. The molecule has 1 aromatic carbocycles. The predicted octanol–water partition coefficient (Wildman–Crippen LogP) is 1.11. The van der Waals surface area contributed by atoms with Gasteiger partial charge in [0.05, 0.1) is 6.54 Å². The summed E-state index contributed by atoms with van der Waals surface area (Å²) in [5, 5.41) is 2.97. The average Bonchev–Trinajstić information content (AvgIpc) is 3.20. The monoisotopic (exact) mass is 247 g/mol. The van der Waals surface area contributed by atoms with E-state index in [4.69, 9.17) is 5.73 Å². The molecule has 0 aromatic heterocycles. The van der Waals surface area contributed by atoms with E-state index in [1.54, 1.807) is 0 Å². The second-order valence-electron chi connectivity index (χ2n) is 4.98. The molecule has 2 rings (SSSR count). The fourth-order valence-corrected chi connectivity index (χ4v) is 1.86. The molecule has 3 N–H and O–H groups in total. The van der Waals surface area contributed by atoms with Crippen molar-refractivity contribution < 1.29 is 4.79 Å².